The van der Waals surface area contributed by atoms with E-state index in [0.29, 0.717) is 5.75 Å². The van der Waals surface area contributed by atoms with Crippen molar-refractivity contribution in [2.45, 2.75) is 23.5 Å². The van der Waals surface area contributed by atoms with Gasteiger partial charge in [0.2, 0.25) is 5.91 Å². The molecular weight excluding hydrogens is 262 g/mol. The van der Waals surface area contributed by atoms with Gasteiger partial charge in [0.15, 0.2) is 10.8 Å². The summed E-state index contributed by atoms with van der Waals surface area (Å²) in [5, 5.41) is 8.89. The first-order valence-electron chi connectivity index (χ1n) is 6.12. The predicted octanol–water partition coefficient (Wildman–Crippen LogP) is 0.414. The molecule has 2 aromatic rings. The summed E-state index contributed by atoms with van der Waals surface area (Å²) in [5.41, 5.74) is 11.4. The number of carbonyl (C=O) groups is 1. The van der Waals surface area contributed by atoms with Crippen molar-refractivity contribution in [1.29, 1.82) is 0 Å². The second-order valence-electron chi connectivity index (χ2n) is 4.88. The lowest BCUT2D eigenvalue weighted by Crippen LogP contribution is -2.56. The number of thioether (sulfide) groups is 1. The molecule has 0 spiro atoms. The summed E-state index contributed by atoms with van der Waals surface area (Å²) in [5.74, 6) is 0.205. The van der Waals surface area contributed by atoms with E-state index in [1.54, 1.807) is 0 Å². The first kappa shape index (κ1) is 12.4. The van der Waals surface area contributed by atoms with Gasteiger partial charge in [0.1, 0.15) is 5.54 Å². The molecule has 0 radical (unpaired) electrons. The van der Waals surface area contributed by atoms with Crippen molar-refractivity contribution in [1.82, 2.24) is 14.6 Å². The van der Waals surface area contributed by atoms with E-state index in [1.807, 2.05) is 28.8 Å². The third kappa shape index (κ3) is 2.19. The van der Waals surface area contributed by atoms with Gasteiger partial charge < -0.3 is 11.5 Å². The molecule has 4 N–H and O–H groups in total. The molecular formula is C12H15N5OS. The zero-order chi connectivity index (χ0) is 13.5. The van der Waals surface area contributed by atoms with E-state index in [4.69, 9.17) is 11.5 Å². The highest BCUT2D eigenvalue weighted by molar-refractivity contribution is 7.99. The van der Waals surface area contributed by atoms with Crippen molar-refractivity contribution in [2.24, 2.45) is 17.4 Å². The lowest BCUT2D eigenvalue weighted by molar-refractivity contribution is -0.123. The van der Waals surface area contributed by atoms with E-state index >= 15 is 0 Å². The maximum absolute atomic E-state index is 11.6. The van der Waals surface area contributed by atoms with Crippen LogP contribution in [0.2, 0.25) is 0 Å². The second-order valence-corrected chi connectivity index (χ2v) is 5.82. The zero-order valence-electron chi connectivity index (χ0n) is 10.3. The number of amides is 1. The third-order valence-corrected chi connectivity index (χ3v) is 4.65. The summed E-state index contributed by atoms with van der Waals surface area (Å²) in [6, 6.07) is 5.69. The number of pyridine rings is 1. The van der Waals surface area contributed by atoms with Crippen LogP contribution in [-0.2, 0) is 4.79 Å². The SMILES string of the molecule is NC(=O)C(N)(CSc1nnc2ccccn12)C1CC1. The van der Waals surface area contributed by atoms with Gasteiger partial charge in [0, 0.05) is 11.9 Å². The van der Waals surface area contributed by atoms with Gasteiger partial charge in [-0.05, 0) is 30.9 Å². The van der Waals surface area contributed by atoms with E-state index < -0.39 is 11.4 Å². The van der Waals surface area contributed by atoms with Crippen LogP contribution in [0, 0.1) is 5.92 Å². The number of carbonyl (C=O) groups excluding carboxylic acids is 1. The molecule has 1 atom stereocenters. The molecule has 0 saturated heterocycles. The summed E-state index contributed by atoms with van der Waals surface area (Å²) < 4.78 is 1.87. The Morgan fingerprint density at radius 2 is 2.26 bits per heavy atom. The van der Waals surface area contributed by atoms with Gasteiger partial charge in [-0.2, -0.15) is 0 Å². The molecule has 2 heterocycles. The normalized spacial score (nSPS) is 18.4. The fourth-order valence-corrected chi connectivity index (χ4v) is 3.23. The Morgan fingerprint density at radius 1 is 1.47 bits per heavy atom. The van der Waals surface area contributed by atoms with Gasteiger partial charge in [0.25, 0.3) is 0 Å². The number of aromatic nitrogens is 3. The van der Waals surface area contributed by atoms with Crippen molar-refractivity contribution < 1.29 is 4.79 Å². The molecule has 0 aliphatic heterocycles. The molecule has 1 aliphatic rings. The first-order chi connectivity index (χ1) is 9.11. The average Bonchev–Trinajstić information content (AvgIpc) is 3.18. The Labute approximate surface area is 114 Å². The number of hydrogen-bond acceptors (Lipinski definition) is 5. The third-order valence-electron chi connectivity index (χ3n) is 3.49. The Morgan fingerprint density at radius 3 is 2.95 bits per heavy atom. The fourth-order valence-electron chi connectivity index (χ4n) is 2.09. The molecule has 1 fully saturated rings. The van der Waals surface area contributed by atoms with E-state index in [0.717, 1.165) is 23.6 Å². The van der Waals surface area contributed by atoms with Crippen molar-refractivity contribution in [2.75, 3.05) is 5.75 Å². The van der Waals surface area contributed by atoms with Gasteiger partial charge in [-0.1, -0.05) is 17.8 Å². The summed E-state index contributed by atoms with van der Waals surface area (Å²) in [6.07, 6.45) is 3.83. The summed E-state index contributed by atoms with van der Waals surface area (Å²) >= 11 is 1.42. The molecule has 3 rings (SSSR count). The molecule has 1 unspecified atom stereocenters. The lowest BCUT2D eigenvalue weighted by Gasteiger charge is -2.24. The number of primary amides is 1. The van der Waals surface area contributed by atoms with E-state index in [-0.39, 0.29) is 5.92 Å². The average molecular weight is 277 g/mol. The highest BCUT2D eigenvalue weighted by atomic mass is 32.2. The van der Waals surface area contributed by atoms with Gasteiger partial charge in [-0.15, -0.1) is 10.2 Å². The number of nitrogens with two attached hydrogens (primary N) is 2. The van der Waals surface area contributed by atoms with Crippen molar-refractivity contribution in [3.63, 3.8) is 0 Å². The second kappa shape index (κ2) is 4.50. The minimum atomic E-state index is -0.939. The zero-order valence-corrected chi connectivity index (χ0v) is 11.1. The molecule has 2 aromatic heterocycles. The van der Waals surface area contributed by atoms with Crippen LogP contribution in [-0.4, -0.2) is 31.8 Å². The summed E-state index contributed by atoms with van der Waals surface area (Å²) in [6.45, 7) is 0. The molecule has 0 bridgehead atoms. The minimum Gasteiger partial charge on any atom is -0.368 e. The summed E-state index contributed by atoms with van der Waals surface area (Å²) in [7, 11) is 0. The fraction of sp³-hybridized carbons (Fsp3) is 0.417. The molecule has 1 saturated carbocycles. The molecule has 1 amide bonds. The Hall–Kier alpha value is -1.60. The van der Waals surface area contributed by atoms with E-state index in [2.05, 4.69) is 10.2 Å². The highest BCUT2D eigenvalue weighted by Crippen LogP contribution is 2.40. The van der Waals surface area contributed by atoms with Crippen LogP contribution >= 0.6 is 11.8 Å². The maximum Gasteiger partial charge on any atom is 0.238 e. The van der Waals surface area contributed by atoms with Crippen LogP contribution in [0.15, 0.2) is 29.6 Å². The quantitative estimate of drug-likeness (QED) is 0.771. The number of rotatable bonds is 5. The minimum absolute atomic E-state index is 0.205. The van der Waals surface area contributed by atoms with E-state index in [9.17, 15) is 4.79 Å². The van der Waals surface area contributed by atoms with Gasteiger partial charge >= 0.3 is 0 Å². The molecule has 19 heavy (non-hydrogen) atoms. The first-order valence-corrected chi connectivity index (χ1v) is 7.11. The smallest absolute Gasteiger partial charge is 0.238 e. The van der Waals surface area contributed by atoms with Gasteiger partial charge in [0.05, 0.1) is 0 Å². The lowest BCUT2D eigenvalue weighted by atomic mass is 9.96. The molecule has 0 aromatic carbocycles. The van der Waals surface area contributed by atoms with E-state index in [1.165, 1.54) is 11.8 Å². The van der Waals surface area contributed by atoms with Gasteiger partial charge in [-0.3, -0.25) is 9.20 Å². The topological polar surface area (TPSA) is 99.3 Å². The number of fused-ring (bicyclic) bond motifs is 1. The Balaban J connectivity index is 1.80. The monoisotopic (exact) mass is 277 g/mol. The molecule has 100 valence electrons. The van der Waals surface area contributed by atoms with Crippen LogP contribution in [0.25, 0.3) is 5.65 Å². The summed E-state index contributed by atoms with van der Waals surface area (Å²) in [4.78, 5) is 11.6. The van der Waals surface area contributed by atoms with Crippen LogP contribution < -0.4 is 11.5 Å². The Bertz CT molecular complexity index is 623. The maximum atomic E-state index is 11.6. The Kier molecular flexibility index (Phi) is 2.94. The van der Waals surface area contributed by atoms with Crippen LogP contribution in [0.4, 0.5) is 0 Å². The van der Waals surface area contributed by atoms with Crippen molar-refractivity contribution >= 4 is 23.3 Å². The molecule has 1 aliphatic carbocycles. The molecule has 6 nitrogen and oxygen atoms in total. The molecule has 7 heteroatoms. The van der Waals surface area contributed by atoms with Crippen molar-refractivity contribution in [3.8, 4) is 0 Å². The van der Waals surface area contributed by atoms with Gasteiger partial charge in [-0.25, -0.2) is 0 Å². The largest absolute Gasteiger partial charge is 0.368 e. The van der Waals surface area contributed by atoms with Crippen LogP contribution in [0.5, 0.6) is 0 Å². The number of hydrogen-bond donors (Lipinski definition) is 2. The van der Waals surface area contributed by atoms with Crippen LogP contribution in [0.3, 0.4) is 0 Å². The van der Waals surface area contributed by atoms with Crippen molar-refractivity contribution in [3.05, 3.63) is 24.4 Å². The number of nitrogens with zero attached hydrogens (tertiary/aromatic N) is 3. The van der Waals surface area contributed by atoms with Crippen LogP contribution in [0.1, 0.15) is 12.8 Å². The highest BCUT2D eigenvalue weighted by Gasteiger charge is 2.46. The standard InChI is InChI=1S/C12H15N5OS/c13-10(18)12(14,8-4-5-8)7-19-11-16-15-9-3-1-2-6-17(9)11/h1-3,6,8H,4-5,7,14H2,(H2,13,18). The predicted molar refractivity (Wildman–Crippen MR) is 72.5 cm³/mol.